The number of phenols is 1. The lowest BCUT2D eigenvalue weighted by molar-refractivity contribution is -0.138. The van der Waals surface area contributed by atoms with Gasteiger partial charge < -0.3 is 14.9 Å². The van der Waals surface area contributed by atoms with E-state index in [4.69, 9.17) is 0 Å². The van der Waals surface area contributed by atoms with Crippen molar-refractivity contribution in [1.82, 2.24) is 4.90 Å². The number of piperazine rings is 1. The molecule has 1 heterocycles. The van der Waals surface area contributed by atoms with Gasteiger partial charge in [0, 0.05) is 26.2 Å². The summed E-state index contributed by atoms with van der Waals surface area (Å²) in [7, 11) is 0. The highest BCUT2D eigenvalue weighted by atomic mass is 19.4. The quantitative estimate of drug-likeness (QED) is 0.909. The van der Waals surface area contributed by atoms with Crippen molar-refractivity contribution in [3.63, 3.8) is 0 Å². The lowest BCUT2D eigenvalue weighted by Gasteiger charge is -2.36. The Morgan fingerprint density at radius 3 is 2.35 bits per heavy atom. The number of para-hydroxylation sites is 2. The minimum absolute atomic E-state index is 0.0551. The second-order valence-electron chi connectivity index (χ2n) is 6.23. The van der Waals surface area contributed by atoms with E-state index in [1.54, 1.807) is 17.0 Å². The van der Waals surface area contributed by atoms with E-state index in [-0.39, 0.29) is 18.1 Å². The van der Waals surface area contributed by atoms with Crippen LogP contribution in [0.1, 0.15) is 11.1 Å². The Hall–Kier alpha value is -2.70. The van der Waals surface area contributed by atoms with E-state index in [0.29, 0.717) is 31.7 Å². The Morgan fingerprint density at radius 2 is 1.69 bits per heavy atom. The predicted octanol–water partition coefficient (Wildman–Crippen LogP) is 3.30. The summed E-state index contributed by atoms with van der Waals surface area (Å²) in [5.74, 6) is -0.00231. The largest absolute Gasteiger partial charge is 0.506 e. The van der Waals surface area contributed by atoms with E-state index >= 15 is 0 Å². The minimum atomic E-state index is -4.41. The van der Waals surface area contributed by atoms with Crippen LogP contribution in [0.25, 0.3) is 0 Å². The number of hydrogen-bond donors (Lipinski definition) is 1. The molecule has 0 radical (unpaired) electrons. The van der Waals surface area contributed by atoms with Gasteiger partial charge in [-0.2, -0.15) is 13.2 Å². The van der Waals surface area contributed by atoms with Gasteiger partial charge in [-0.05, 0) is 23.8 Å². The molecule has 7 heteroatoms. The van der Waals surface area contributed by atoms with Crippen molar-refractivity contribution in [3.05, 3.63) is 59.7 Å². The number of benzene rings is 2. The molecule has 1 saturated heterocycles. The van der Waals surface area contributed by atoms with Crippen molar-refractivity contribution < 1.29 is 23.1 Å². The smallest absolute Gasteiger partial charge is 0.416 e. The van der Waals surface area contributed by atoms with Gasteiger partial charge in [0.25, 0.3) is 0 Å². The molecule has 0 unspecified atom stereocenters. The lowest BCUT2D eigenvalue weighted by Crippen LogP contribution is -2.49. The fraction of sp³-hybridized carbons (Fsp3) is 0.316. The molecule has 138 valence electrons. The van der Waals surface area contributed by atoms with E-state index in [2.05, 4.69) is 0 Å². The van der Waals surface area contributed by atoms with E-state index in [0.717, 1.165) is 17.8 Å². The molecular weight excluding hydrogens is 345 g/mol. The summed E-state index contributed by atoms with van der Waals surface area (Å²) in [6.45, 7) is 2.05. The molecule has 2 aromatic rings. The number of aromatic hydroxyl groups is 1. The number of amides is 1. The van der Waals surface area contributed by atoms with Crippen LogP contribution in [0.15, 0.2) is 48.5 Å². The monoisotopic (exact) mass is 364 g/mol. The number of phenolic OH excluding ortho intramolecular Hbond substituents is 1. The Morgan fingerprint density at radius 1 is 1.00 bits per heavy atom. The van der Waals surface area contributed by atoms with Gasteiger partial charge in [-0.15, -0.1) is 0 Å². The van der Waals surface area contributed by atoms with Crippen molar-refractivity contribution in [2.24, 2.45) is 0 Å². The van der Waals surface area contributed by atoms with Crippen molar-refractivity contribution in [3.8, 4) is 5.75 Å². The van der Waals surface area contributed by atoms with Crippen LogP contribution in [-0.2, 0) is 17.4 Å². The molecule has 0 aliphatic carbocycles. The van der Waals surface area contributed by atoms with Gasteiger partial charge in [0.2, 0.25) is 5.91 Å². The second kappa shape index (κ2) is 7.27. The maximum atomic E-state index is 12.8. The maximum absolute atomic E-state index is 12.8. The fourth-order valence-corrected chi connectivity index (χ4v) is 3.07. The molecule has 1 N–H and O–H groups in total. The first-order valence-corrected chi connectivity index (χ1v) is 8.31. The van der Waals surface area contributed by atoms with Crippen LogP contribution in [0.4, 0.5) is 18.9 Å². The Bertz CT molecular complexity index is 784. The molecule has 2 aromatic carbocycles. The number of carbonyl (C=O) groups excluding carboxylic acids is 1. The molecule has 3 rings (SSSR count). The Balaban J connectivity index is 1.60. The van der Waals surface area contributed by atoms with E-state index in [1.165, 1.54) is 12.1 Å². The molecule has 1 aliphatic heterocycles. The molecule has 1 amide bonds. The molecule has 0 bridgehead atoms. The Labute approximate surface area is 149 Å². The summed E-state index contributed by atoms with van der Waals surface area (Å²) in [6, 6.07) is 11.9. The van der Waals surface area contributed by atoms with E-state index in [9.17, 15) is 23.1 Å². The standard InChI is InChI=1S/C19H19F3N2O2/c20-19(21,22)15-5-3-4-14(12-15)13-18(26)24-10-8-23(9-11-24)16-6-1-2-7-17(16)25/h1-7,12,25H,8-11,13H2. The molecule has 1 aliphatic rings. The van der Waals surface area contributed by atoms with Gasteiger partial charge in [-0.3, -0.25) is 4.79 Å². The molecule has 0 spiro atoms. The summed E-state index contributed by atoms with van der Waals surface area (Å²) in [5.41, 5.74) is 0.331. The first kappa shape index (κ1) is 18.1. The number of halogens is 3. The van der Waals surface area contributed by atoms with Crippen LogP contribution < -0.4 is 4.90 Å². The number of anilines is 1. The first-order chi connectivity index (χ1) is 12.3. The van der Waals surface area contributed by atoms with Crippen molar-refractivity contribution in [1.29, 1.82) is 0 Å². The summed E-state index contributed by atoms with van der Waals surface area (Å²) >= 11 is 0. The van der Waals surface area contributed by atoms with Crippen LogP contribution in [0.5, 0.6) is 5.75 Å². The van der Waals surface area contributed by atoms with Gasteiger partial charge in [0.1, 0.15) is 5.75 Å². The summed E-state index contributed by atoms with van der Waals surface area (Å²) < 4.78 is 38.3. The minimum Gasteiger partial charge on any atom is -0.506 e. The maximum Gasteiger partial charge on any atom is 0.416 e. The molecular formula is C19H19F3N2O2. The van der Waals surface area contributed by atoms with Crippen LogP contribution in [0, 0.1) is 0 Å². The number of nitrogens with zero attached hydrogens (tertiary/aromatic N) is 2. The fourth-order valence-electron chi connectivity index (χ4n) is 3.07. The number of alkyl halides is 3. The van der Waals surface area contributed by atoms with Gasteiger partial charge in [0.15, 0.2) is 0 Å². The third-order valence-corrected chi connectivity index (χ3v) is 4.46. The SMILES string of the molecule is O=C(Cc1cccc(C(F)(F)F)c1)N1CCN(c2ccccc2O)CC1. The van der Waals surface area contributed by atoms with Crippen LogP contribution in [0.2, 0.25) is 0 Å². The predicted molar refractivity (Wildman–Crippen MR) is 92.0 cm³/mol. The number of rotatable bonds is 3. The highest BCUT2D eigenvalue weighted by molar-refractivity contribution is 5.79. The summed E-state index contributed by atoms with van der Waals surface area (Å²) in [4.78, 5) is 16.1. The second-order valence-corrected chi connectivity index (χ2v) is 6.23. The highest BCUT2D eigenvalue weighted by Crippen LogP contribution is 2.30. The van der Waals surface area contributed by atoms with Crippen molar-refractivity contribution in [2.75, 3.05) is 31.1 Å². The summed E-state index contributed by atoms with van der Waals surface area (Å²) in [6.07, 6.45) is -4.47. The van der Waals surface area contributed by atoms with Crippen LogP contribution in [0.3, 0.4) is 0 Å². The Kier molecular flexibility index (Phi) is 5.06. The zero-order chi connectivity index (χ0) is 18.7. The average molecular weight is 364 g/mol. The zero-order valence-electron chi connectivity index (χ0n) is 14.0. The molecule has 26 heavy (non-hydrogen) atoms. The molecule has 4 nitrogen and oxygen atoms in total. The lowest BCUT2D eigenvalue weighted by atomic mass is 10.1. The molecule has 0 atom stereocenters. The van der Waals surface area contributed by atoms with Gasteiger partial charge in [-0.1, -0.05) is 30.3 Å². The van der Waals surface area contributed by atoms with Crippen LogP contribution in [-0.4, -0.2) is 42.1 Å². The molecule has 0 saturated carbocycles. The highest BCUT2D eigenvalue weighted by Gasteiger charge is 2.30. The average Bonchev–Trinajstić information content (AvgIpc) is 2.62. The summed E-state index contributed by atoms with van der Waals surface area (Å²) in [5, 5.41) is 9.91. The number of hydrogen-bond acceptors (Lipinski definition) is 3. The first-order valence-electron chi connectivity index (χ1n) is 8.31. The zero-order valence-corrected chi connectivity index (χ0v) is 14.0. The van der Waals surface area contributed by atoms with E-state index in [1.807, 2.05) is 17.0 Å². The van der Waals surface area contributed by atoms with Crippen LogP contribution >= 0.6 is 0 Å². The van der Waals surface area contributed by atoms with Crippen molar-refractivity contribution in [2.45, 2.75) is 12.6 Å². The normalized spacial score (nSPS) is 15.2. The number of carbonyl (C=O) groups is 1. The van der Waals surface area contributed by atoms with Gasteiger partial charge >= 0.3 is 6.18 Å². The molecule has 1 fully saturated rings. The van der Waals surface area contributed by atoms with Crippen molar-refractivity contribution >= 4 is 11.6 Å². The molecule has 0 aromatic heterocycles. The third-order valence-electron chi connectivity index (χ3n) is 4.46. The third kappa shape index (κ3) is 4.09. The van der Waals surface area contributed by atoms with Gasteiger partial charge in [-0.25, -0.2) is 0 Å². The van der Waals surface area contributed by atoms with E-state index < -0.39 is 11.7 Å². The van der Waals surface area contributed by atoms with Gasteiger partial charge in [0.05, 0.1) is 17.7 Å². The topological polar surface area (TPSA) is 43.8 Å².